The van der Waals surface area contributed by atoms with Crippen LogP contribution in [0.5, 0.6) is 0 Å². The van der Waals surface area contributed by atoms with Crippen LogP contribution in [0.2, 0.25) is 0 Å². The van der Waals surface area contributed by atoms with Crippen molar-refractivity contribution in [2.75, 3.05) is 6.54 Å². The first-order chi connectivity index (χ1) is 9.20. The predicted octanol–water partition coefficient (Wildman–Crippen LogP) is 3.10. The van der Waals surface area contributed by atoms with E-state index in [0.717, 1.165) is 29.0 Å². The van der Waals surface area contributed by atoms with Gasteiger partial charge in [-0.25, -0.2) is 0 Å². The van der Waals surface area contributed by atoms with Crippen LogP contribution in [0.4, 0.5) is 0 Å². The quantitative estimate of drug-likeness (QED) is 0.919. The van der Waals surface area contributed by atoms with Gasteiger partial charge in [0.2, 0.25) is 11.8 Å². The van der Waals surface area contributed by atoms with Gasteiger partial charge in [-0.2, -0.15) is 0 Å². The van der Waals surface area contributed by atoms with E-state index in [1.807, 2.05) is 19.1 Å². The van der Waals surface area contributed by atoms with Crippen LogP contribution in [0.3, 0.4) is 0 Å². The van der Waals surface area contributed by atoms with Crippen LogP contribution >= 0.6 is 15.9 Å². The summed E-state index contributed by atoms with van der Waals surface area (Å²) in [5.74, 6) is 1.28. The summed E-state index contributed by atoms with van der Waals surface area (Å²) >= 11 is 3.48. The summed E-state index contributed by atoms with van der Waals surface area (Å²) in [5.41, 5.74) is 2.13. The molecule has 0 saturated heterocycles. The van der Waals surface area contributed by atoms with E-state index >= 15 is 0 Å². The second-order valence-corrected chi connectivity index (χ2v) is 5.91. The molecule has 4 nitrogen and oxygen atoms in total. The van der Waals surface area contributed by atoms with Crippen LogP contribution < -0.4 is 5.32 Å². The lowest BCUT2D eigenvalue weighted by molar-refractivity contribution is 0.494. The SMILES string of the molecule is Cc1cc(Br)cc(-c2nnc(CCNC3CC3)o2)c1. The molecule has 0 aliphatic heterocycles. The van der Waals surface area contributed by atoms with E-state index in [-0.39, 0.29) is 0 Å². The number of nitrogens with zero attached hydrogens (tertiary/aromatic N) is 2. The molecule has 1 aromatic carbocycles. The Morgan fingerprint density at radius 2 is 2.16 bits per heavy atom. The molecule has 5 heteroatoms. The molecule has 0 amide bonds. The Hall–Kier alpha value is -1.20. The van der Waals surface area contributed by atoms with Gasteiger partial charge >= 0.3 is 0 Å². The van der Waals surface area contributed by atoms with E-state index in [9.17, 15) is 0 Å². The molecule has 0 bridgehead atoms. The van der Waals surface area contributed by atoms with E-state index in [4.69, 9.17) is 4.42 Å². The minimum atomic E-state index is 0.589. The van der Waals surface area contributed by atoms with Crippen molar-refractivity contribution in [2.45, 2.75) is 32.2 Å². The van der Waals surface area contributed by atoms with Crippen molar-refractivity contribution in [3.05, 3.63) is 34.1 Å². The van der Waals surface area contributed by atoms with Gasteiger partial charge in [-0.05, 0) is 43.5 Å². The smallest absolute Gasteiger partial charge is 0.247 e. The lowest BCUT2D eigenvalue weighted by Gasteiger charge is -1.99. The summed E-state index contributed by atoms with van der Waals surface area (Å²) in [6, 6.07) is 6.81. The summed E-state index contributed by atoms with van der Waals surface area (Å²) in [5, 5.41) is 11.7. The highest BCUT2D eigenvalue weighted by atomic mass is 79.9. The monoisotopic (exact) mass is 321 g/mol. The van der Waals surface area contributed by atoms with Crippen molar-refractivity contribution >= 4 is 15.9 Å². The van der Waals surface area contributed by atoms with Gasteiger partial charge in [-0.1, -0.05) is 15.9 Å². The summed E-state index contributed by atoms with van der Waals surface area (Å²) in [4.78, 5) is 0. The molecule has 19 heavy (non-hydrogen) atoms. The van der Waals surface area contributed by atoms with Gasteiger partial charge in [0.25, 0.3) is 0 Å². The molecule has 1 aromatic heterocycles. The number of rotatable bonds is 5. The minimum absolute atomic E-state index is 0.589. The average Bonchev–Trinajstić information content (AvgIpc) is 3.04. The van der Waals surface area contributed by atoms with Crippen LogP contribution in [0.1, 0.15) is 24.3 Å². The molecule has 0 atom stereocenters. The second-order valence-electron chi connectivity index (χ2n) is 5.00. The van der Waals surface area contributed by atoms with E-state index in [2.05, 4.69) is 37.5 Å². The first-order valence-electron chi connectivity index (χ1n) is 6.54. The number of nitrogens with one attached hydrogen (secondary N) is 1. The molecule has 100 valence electrons. The van der Waals surface area contributed by atoms with Crippen molar-refractivity contribution in [3.63, 3.8) is 0 Å². The average molecular weight is 322 g/mol. The van der Waals surface area contributed by atoms with E-state index in [0.29, 0.717) is 11.8 Å². The topological polar surface area (TPSA) is 51.0 Å². The Labute approximate surface area is 120 Å². The van der Waals surface area contributed by atoms with Gasteiger partial charge in [0.05, 0.1) is 0 Å². The van der Waals surface area contributed by atoms with Crippen LogP contribution in [-0.4, -0.2) is 22.8 Å². The zero-order chi connectivity index (χ0) is 13.2. The first-order valence-corrected chi connectivity index (χ1v) is 7.33. The predicted molar refractivity (Wildman–Crippen MR) is 76.9 cm³/mol. The molecule has 1 fully saturated rings. The zero-order valence-corrected chi connectivity index (χ0v) is 12.4. The van der Waals surface area contributed by atoms with Crippen LogP contribution in [0.15, 0.2) is 27.1 Å². The minimum Gasteiger partial charge on any atom is -0.421 e. The number of benzene rings is 1. The molecule has 1 saturated carbocycles. The Balaban J connectivity index is 1.68. The third kappa shape index (κ3) is 3.42. The molecule has 1 aliphatic carbocycles. The Kier molecular flexibility index (Phi) is 3.66. The summed E-state index contributed by atoms with van der Waals surface area (Å²) in [7, 11) is 0. The number of halogens is 1. The summed E-state index contributed by atoms with van der Waals surface area (Å²) in [6.07, 6.45) is 3.38. The molecule has 1 N–H and O–H groups in total. The summed E-state index contributed by atoms with van der Waals surface area (Å²) < 4.78 is 6.72. The third-order valence-corrected chi connectivity index (χ3v) is 3.56. The van der Waals surface area contributed by atoms with Crippen molar-refractivity contribution in [1.82, 2.24) is 15.5 Å². The second kappa shape index (κ2) is 5.43. The molecule has 3 rings (SSSR count). The molecule has 2 aromatic rings. The molecule has 0 radical (unpaired) electrons. The van der Waals surface area contributed by atoms with E-state index in [1.54, 1.807) is 0 Å². The Morgan fingerprint density at radius 3 is 2.89 bits per heavy atom. The molecule has 1 aliphatic rings. The fourth-order valence-corrected chi connectivity index (χ4v) is 2.61. The van der Waals surface area contributed by atoms with Gasteiger partial charge in [-0.15, -0.1) is 10.2 Å². The first kappa shape index (κ1) is 12.8. The molecule has 0 spiro atoms. The normalized spacial score (nSPS) is 14.8. The number of aromatic nitrogens is 2. The maximum atomic E-state index is 5.70. The molecular formula is C14H16BrN3O. The highest BCUT2D eigenvalue weighted by Crippen LogP contribution is 2.24. The van der Waals surface area contributed by atoms with Gasteiger partial charge in [0.1, 0.15) is 0 Å². The zero-order valence-electron chi connectivity index (χ0n) is 10.8. The maximum Gasteiger partial charge on any atom is 0.247 e. The number of aryl methyl sites for hydroxylation is 1. The maximum absolute atomic E-state index is 5.70. The van der Waals surface area contributed by atoms with E-state index < -0.39 is 0 Å². The molecule has 0 unspecified atom stereocenters. The highest BCUT2D eigenvalue weighted by Gasteiger charge is 2.20. The summed E-state index contributed by atoms with van der Waals surface area (Å²) in [6.45, 7) is 2.95. The van der Waals surface area contributed by atoms with Crippen LogP contribution in [0.25, 0.3) is 11.5 Å². The van der Waals surface area contributed by atoms with Gasteiger partial charge in [-0.3, -0.25) is 0 Å². The van der Waals surface area contributed by atoms with Crippen molar-refractivity contribution < 1.29 is 4.42 Å². The Bertz CT molecular complexity index is 558. The largest absolute Gasteiger partial charge is 0.421 e. The van der Waals surface area contributed by atoms with Crippen LogP contribution in [-0.2, 0) is 6.42 Å². The van der Waals surface area contributed by atoms with Crippen LogP contribution in [0, 0.1) is 6.92 Å². The fourth-order valence-electron chi connectivity index (χ4n) is 2.00. The lowest BCUT2D eigenvalue weighted by Crippen LogP contribution is -2.19. The standard InChI is InChI=1S/C14H16BrN3O/c1-9-6-10(8-11(15)7-9)14-18-17-13(19-14)4-5-16-12-2-3-12/h6-8,12,16H,2-5H2,1H3. The lowest BCUT2D eigenvalue weighted by atomic mass is 10.1. The third-order valence-electron chi connectivity index (χ3n) is 3.11. The van der Waals surface area contributed by atoms with Gasteiger partial charge in [0, 0.05) is 29.0 Å². The molecular weight excluding hydrogens is 306 g/mol. The number of hydrogen-bond donors (Lipinski definition) is 1. The fraction of sp³-hybridized carbons (Fsp3) is 0.429. The Morgan fingerprint density at radius 1 is 1.32 bits per heavy atom. The molecule has 1 heterocycles. The van der Waals surface area contributed by atoms with Gasteiger partial charge in [0.15, 0.2) is 0 Å². The van der Waals surface area contributed by atoms with Crippen molar-refractivity contribution in [3.8, 4) is 11.5 Å². The highest BCUT2D eigenvalue weighted by molar-refractivity contribution is 9.10. The van der Waals surface area contributed by atoms with Crippen molar-refractivity contribution in [2.24, 2.45) is 0 Å². The van der Waals surface area contributed by atoms with E-state index in [1.165, 1.54) is 18.4 Å². The van der Waals surface area contributed by atoms with Crippen molar-refractivity contribution in [1.29, 1.82) is 0 Å². The van der Waals surface area contributed by atoms with Gasteiger partial charge < -0.3 is 9.73 Å². The number of hydrogen-bond acceptors (Lipinski definition) is 4.